The first kappa shape index (κ1) is 13.2. The Balaban J connectivity index is 3.15. The van der Waals surface area contributed by atoms with Crippen molar-refractivity contribution in [3.05, 3.63) is 0 Å². The van der Waals surface area contributed by atoms with Crippen LogP contribution in [0.25, 0.3) is 0 Å². The number of halogens is 1. The first-order valence-corrected chi connectivity index (χ1v) is 5.93. The second-order valence-electron chi connectivity index (χ2n) is 3.93. The van der Waals surface area contributed by atoms with E-state index in [1.165, 1.54) is 32.2 Å². The monoisotopic (exact) mass is 205 g/mol. The van der Waals surface area contributed by atoms with E-state index in [1.54, 1.807) is 0 Å². The maximum Gasteiger partial charge on any atom is 0.0320 e. The SMILES string of the molecule is CCCCCCN(C)CCC(C)Cl. The van der Waals surface area contributed by atoms with E-state index in [4.69, 9.17) is 11.6 Å². The summed E-state index contributed by atoms with van der Waals surface area (Å²) in [5.74, 6) is 0. The highest BCUT2D eigenvalue weighted by Crippen LogP contribution is 2.03. The third kappa shape index (κ3) is 10.2. The van der Waals surface area contributed by atoms with Gasteiger partial charge in [-0.25, -0.2) is 0 Å². The van der Waals surface area contributed by atoms with Gasteiger partial charge in [-0.15, -0.1) is 11.6 Å². The summed E-state index contributed by atoms with van der Waals surface area (Å²) in [5, 5.41) is 0.318. The maximum atomic E-state index is 5.88. The lowest BCUT2D eigenvalue weighted by atomic mass is 10.2. The van der Waals surface area contributed by atoms with Crippen LogP contribution in [0.5, 0.6) is 0 Å². The van der Waals surface area contributed by atoms with Crippen LogP contribution in [-0.4, -0.2) is 30.4 Å². The average Bonchev–Trinajstić information content (AvgIpc) is 2.09. The van der Waals surface area contributed by atoms with E-state index in [0.29, 0.717) is 5.38 Å². The molecule has 0 aliphatic heterocycles. The number of rotatable bonds is 8. The van der Waals surface area contributed by atoms with Gasteiger partial charge >= 0.3 is 0 Å². The third-order valence-corrected chi connectivity index (χ3v) is 2.52. The van der Waals surface area contributed by atoms with Crippen molar-refractivity contribution in [3.63, 3.8) is 0 Å². The van der Waals surface area contributed by atoms with Gasteiger partial charge in [0.05, 0.1) is 0 Å². The Morgan fingerprint density at radius 1 is 1.15 bits per heavy atom. The van der Waals surface area contributed by atoms with Crippen molar-refractivity contribution >= 4 is 11.6 Å². The zero-order chi connectivity index (χ0) is 10.1. The highest BCUT2D eigenvalue weighted by Gasteiger charge is 2.00. The van der Waals surface area contributed by atoms with Gasteiger partial charge in [0.1, 0.15) is 0 Å². The zero-order valence-corrected chi connectivity index (χ0v) is 10.1. The molecule has 1 nitrogen and oxygen atoms in total. The fraction of sp³-hybridized carbons (Fsp3) is 1.00. The van der Waals surface area contributed by atoms with E-state index in [1.807, 2.05) is 0 Å². The molecule has 0 aliphatic carbocycles. The van der Waals surface area contributed by atoms with Gasteiger partial charge in [0, 0.05) is 5.38 Å². The fourth-order valence-corrected chi connectivity index (χ4v) is 1.42. The average molecular weight is 206 g/mol. The van der Waals surface area contributed by atoms with Gasteiger partial charge in [0.2, 0.25) is 0 Å². The van der Waals surface area contributed by atoms with Crippen molar-refractivity contribution in [2.24, 2.45) is 0 Å². The molecule has 13 heavy (non-hydrogen) atoms. The molecule has 0 aromatic heterocycles. The van der Waals surface area contributed by atoms with Gasteiger partial charge in [-0.1, -0.05) is 26.2 Å². The van der Waals surface area contributed by atoms with Crippen molar-refractivity contribution in [2.75, 3.05) is 20.1 Å². The molecule has 0 amide bonds. The van der Waals surface area contributed by atoms with Crippen molar-refractivity contribution in [1.29, 1.82) is 0 Å². The van der Waals surface area contributed by atoms with Gasteiger partial charge in [-0.2, -0.15) is 0 Å². The van der Waals surface area contributed by atoms with Crippen LogP contribution in [0.4, 0.5) is 0 Å². The number of unbranched alkanes of at least 4 members (excludes halogenated alkanes) is 3. The number of alkyl halides is 1. The Kier molecular flexibility index (Phi) is 9.00. The molecule has 0 aromatic rings. The van der Waals surface area contributed by atoms with Gasteiger partial charge < -0.3 is 4.90 Å². The lowest BCUT2D eigenvalue weighted by molar-refractivity contribution is 0.319. The minimum atomic E-state index is 0.318. The van der Waals surface area contributed by atoms with Crippen LogP contribution in [0.3, 0.4) is 0 Å². The maximum absolute atomic E-state index is 5.88. The zero-order valence-electron chi connectivity index (χ0n) is 9.35. The summed E-state index contributed by atoms with van der Waals surface area (Å²) >= 11 is 5.88. The number of hydrogen-bond acceptors (Lipinski definition) is 1. The molecule has 2 heteroatoms. The summed E-state index contributed by atoms with van der Waals surface area (Å²) in [7, 11) is 2.19. The summed E-state index contributed by atoms with van der Waals surface area (Å²) in [5.41, 5.74) is 0. The second-order valence-corrected chi connectivity index (χ2v) is 4.68. The molecular weight excluding hydrogens is 182 g/mol. The highest BCUT2D eigenvalue weighted by atomic mass is 35.5. The standard InChI is InChI=1S/C11H24ClN/c1-4-5-6-7-9-13(3)10-8-11(2)12/h11H,4-10H2,1-3H3. The summed E-state index contributed by atoms with van der Waals surface area (Å²) in [6.07, 6.45) is 6.51. The molecule has 0 fully saturated rings. The molecule has 0 radical (unpaired) electrons. The number of hydrogen-bond donors (Lipinski definition) is 0. The summed E-state index contributed by atoms with van der Waals surface area (Å²) < 4.78 is 0. The lowest BCUT2D eigenvalue weighted by Crippen LogP contribution is -2.22. The predicted octanol–water partition coefficient (Wildman–Crippen LogP) is 3.52. The Labute approximate surface area is 88.5 Å². The number of nitrogens with zero attached hydrogens (tertiary/aromatic N) is 1. The van der Waals surface area contributed by atoms with Crippen LogP contribution < -0.4 is 0 Å². The second kappa shape index (κ2) is 8.83. The topological polar surface area (TPSA) is 3.24 Å². The Morgan fingerprint density at radius 2 is 1.85 bits per heavy atom. The van der Waals surface area contributed by atoms with E-state index < -0.39 is 0 Å². The molecule has 0 heterocycles. The van der Waals surface area contributed by atoms with E-state index in [-0.39, 0.29) is 0 Å². The third-order valence-electron chi connectivity index (χ3n) is 2.30. The van der Waals surface area contributed by atoms with Gasteiger partial charge in [-0.05, 0) is 39.9 Å². The normalized spacial score (nSPS) is 13.6. The highest BCUT2D eigenvalue weighted by molar-refractivity contribution is 6.20. The quantitative estimate of drug-likeness (QED) is 0.433. The molecule has 0 rings (SSSR count). The molecule has 0 saturated carbocycles. The van der Waals surface area contributed by atoms with Gasteiger partial charge in [-0.3, -0.25) is 0 Å². The molecular formula is C11H24ClN. The molecule has 1 atom stereocenters. The van der Waals surface area contributed by atoms with E-state index in [0.717, 1.165) is 13.0 Å². The van der Waals surface area contributed by atoms with E-state index in [2.05, 4.69) is 25.8 Å². The smallest absolute Gasteiger partial charge is 0.0320 e. The molecule has 0 N–H and O–H groups in total. The van der Waals surface area contributed by atoms with E-state index >= 15 is 0 Å². The van der Waals surface area contributed by atoms with Gasteiger partial charge in [0.25, 0.3) is 0 Å². The Hall–Kier alpha value is 0.250. The molecule has 0 bridgehead atoms. The molecule has 0 aromatic carbocycles. The first-order valence-electron chi connectivity index (χ1n) is 5.49. The molecule has 80 valence electrons. The molecule has 1 unspecified atom stereocenters. The largest absolute Gasteiger partial charge is 0.306 e. The Morgan fingerprint density at radius 3 is 2.38 bits per heavy atom. The lowest BCUT2D eigenvalue weighted by Gasteiger charge is -2.16. The minimum Gasteiger partial charge on any atom is -0.306 e. The molecule has 0 aliphatic rings. The van der Waals surface area contributed by atoms with Crippen molar-refractivity contribution in [3.8, 4) is 0 Å². The fourth-order valence-electron chi connectivity index (χ4n) is 1.32. The van der Waals surface area contributed by atoms with Crippen LogP contribution in [0.1, 0.15) is 46.0 Å². The Bertz CT molecular complexity index is 104. The predicted molar refractivity (Wildman–Crippen MR) is 61.6 cm³/mol. The minimum absolute atomic E-state index is 0.318. The summed E-state index contributed by atoms with van der Waals surface area (Å²) in [4.78, 5) is 2.38. The summed E-state index contributed by atoms with van der Waals surface area (Å²) in [6.45, 7) is 6.67. The van der Waals surface area contributed by atoms with Crippen molar-refractivity contribution in [2.45, 2.75) is 51.3 Å². The van der Waals surface area contributed by atoms with Crippen LogP contribution in [-0.2, 0) is 0 Å². The summed E-state index contributed by atoms with van der Waals surface area (Å²) in [6, 6.07) is 0. The molecule has 0 saturated heterocycles. The molecule has 0 spiro atoms. The van der Waals surface area contributed by atoms with Crippen LogP contribution in [0.2, 0.25) is 0 Å². The van der Waals surface area contributed by atoms with Crippen molar-refractivity contribution < 1.29 is 0 Å². The van der Waals surface area contributed by atoms with Gasteiger partial charge in [0.15, 0.2) is 0 Å². The first-order chi connectivity index (χ1) is 6.16. The van der Waals surface area contributed by atoms with Crippen LogP contribution in [0.15, 0.2) is 0 Å². The van der Waals surface area contributed by atoms with E-state index in [9.17, 15) is 0 Å². The van der Waals surface area contributed by atoms with Crippen LogP contribution >= 0.6 is 11.6 Å². The van der Waals surface area contributed by atoms with Crippen LogP contribution in [0, 0.1) is 0 Å². The van der Waals surface area contributed by atoms with Crippen molar-refractivity contribution in [1.82, 2.24) is 4.90 Å².